The molecule has 1 aromatic rings. The van der Waals surface area contributed by atoms with E-state index in [0.29, 0.717) is 39.0 Å². The molecule has 0 aliphatic rings. The third-order valence-corrected chi connectivity index (χ3v) is 19.5. The molecule has 238 valence electrons. The van der Waals surface area contributed by atoms with Crippen LogP contribution in [-0.4, -0.2) is 69.1 Å². The van der Waals surface area contributed by atoms with Gasteiger partial charge in [-0.1, -0.05) is 41.5 Å². The normalized spacial score (nSPS) is 13.5. The molecular weight excluding hydrogens is 571 g/mol. The van der Waals surface area contributed by atoms with Gasteiger partial charge in [0.1, 0.15) is 0 Å². The Morgan fingerprint density at radius 2 is 1.32 bits per heavy atom. The first-order valence-electron chi connectivity index (χ1n) is 15.0. The van der Waals surface area contributed by atoms with Gasteiger partial charge in [0.25, 0.3) is 0 Å². The number of rotatable bonds is 17. The van der Waals surface area contributed by atoms with Gasteiger partial charge in [-0.05, 0) is 87.2 Å². The van der Waals surface area contributed by atoms with E-state index in [9.17, 15) is 13.2 Å². The number of nitrogens with one attached hydrogen (secondary N) is 2. The van der Waals surface area contributed by atoms with Gasteiger partial charge in [-0.3, -0.25) is 4.79 Å². The molecular formula is C30H59N3O5SSi2. The van der Waals surface area contributed by atoms with E-state index in [1.165, 1.54) is 0 Å². The zero-order valence-corrected chi connectivity index (χ0v) is 30.8. The Kier molecular flexibility index (Phi) is 14.3. The zero-order chi connectivity index (χ0) is 31.7. The standard InChI is InChI=1S/C30H59N3O5SSi2/c1-25(2)39(35,36)31-20-14-13-15-28(34)32-26-16-18-27(19-17-26)33(21-23-37-40(9,10)29(3,4)5)22-24-38-41(11,12)30(6,7)8/h16-19,25,31H,13-15,20-24H2,1-12H3,(H,32,34). The fourth-order valence-corrected chi connectivity index (χ4v) is 6.23. The highest BCUT2D eigenvalue weighted by Crippen LogP contribution is 2.37. The molecule has 0 saturated heterocycles. The molecule has 0 aliphatic carbocycles. The first kappa shape index (κ1) is 37.8. The largest absolute Gasteiger partial charge is 0.415 e. The molecule has 1 rings (SSSR count). The number of carbonyl (C=O) groups is 1. The van der Waals surface area contributed by atoms with Crippen molar-refractivity contribution in [1.82, 2.24) is 4.72 Å². The predicted octanol–water partition coefficient (Wildman–Crippen LogP) is 6.97. The highest BCUT2D eigenvalue weighted by molar-refractivity contribution is 7.90. The molecule has 0 bridgehead atoms. The van der Waals surface area contributed by atoms with Gasteiger partial charge in [0.2, 0.25) is 15.9 Å². The number of hydrogen-bond donors (Lipinski definition) is 2. The molecule has 11 heteroatoms. The minimum absolute atomic E-state index is 0.0770. The van der Waals surface area contributed by atoms with Crippen LogP contribution in [0.3, 0.4) is 0 Å². The minimum Gasteiger partial charge on any atom is -0.415 e. The quantitative estimate of drug-likeness (QED) is 0.143. The summed E-state index contributed by atoms with van der Waals surface area (Å²) in [5.41, 5.74) is 1.81. The summed E-state index contributed by atoms with van der Waals surface area (Å²) < 4.78 is 39.2. The Balaban J connectivity index is 2.77. The number of hydrogen-bond acceptors (Lipinski definition) is 6. The topological polar surface area (TPSA) is 97.0 Å². The molecule has 0 heterocycles. The van der Waals surface area contributed by atoms with Crippen molar-refractivity contribution in [1.29, 1.82) is 0 Å². The van der Waals surface area contributed by atoms with Crippen molar-refractivity contribution in [2.75, 3.05) is 43.1 Å². The molecule has 0 atom stereocenters. The molecule has 2 N–H and O–H groups in total. The first-order valence-corrected chi connectivity index (χ1v) is 22.4. The Morgan fingerprint density at radius 3 is 1.73 bits per heavy atom. The summed E-state index contributed by atoms with van der Waals surface area (Å²) in [6, 6.07) is 7.94. The summed E-state index contributed by atoms with van der Waals surface area (Å²) in [5, 5.41) is 2.82. The van der Waals surface area contributed by atoms with Crippen LogP contribution in [0.4, 0.5) is 11.4 Å². The van der Waals surface area contributed by atoms with Crippen LogP contribution in [0.25, 0.3) is 0 Å². The van der Waals surface area contributed by atoms with Crippen molar-refractivity contribution in [3.63, 3.8) is 0 Å². The number of unbranched alkanes of at least 4 members (excludes halogenated alkanes) is 1. The van der Waals surface area contributed by atoms with E-state index in [1.54, 1.807) is 13.8 Å². The van der Waals surface area contributed by atoms with Crippen LogP contribution >= 0.6 is 0 Å². The number of carbonyl (C=O) groups excluding carboxylic acids is 1. The average Bonchev–Trinajstić information content (AvgIpc) is 2.81. The summed E-state index contributed by atoms with van der Waals surface area (Å²) >= 11 is 0. The van der Waals surface area contributed by atoms with Gasteiger partial charge < -0.3 is 19.1 Å². The van der Waals surface area contributed by atoms with Gasteiger partial charge in [-0.25, -0.2) is 13.1 Å². The molecule has 8 nitrogen and oxygen atoms in total. The Hall–Kier alpha value is -1.25. The molecule has 1 amide bonds. The van der Waals surface area contributed by atoms with Gasteiger partial charge in [0.05, 0.1) is 18.5 Å². The fraction of sp³-hybridized carbons (Fsp3) is 0.767. The summed E-state index contributed by atoms with van der Waals surface area (Å²) in [4.78, 5) is 14.8. The van der Waals surface area contributed by atoms with Crippen molar-refractivity contribution in [3.8, 4) is 0 Å². The second-order valence-corrected chi connectivity index (χ2v) is 26.2. The van der Waals surface area contributed by atoms with Gasteiger partial charge in [-0.2, -0.15) is 0 Å². The highest BCUT2D eigenvalue weighted by atomic mass is 32.2. The summed E-state index contributed by atoms with van der Waals surface area (Å²) in [6.07, 6.45) is 1.56. The lowest BCUT2D eigenvalue weighted by Gasteiger charge is -2.38. The first-order chi connectivity index (χ1) is 18.6. The second-order valence-electron chi connectivity index (χ2n) is 14.2. The summed E-state index contributed by atoms with van der Waals surface area (Å²) in [5.74, 6) is -0.0770. The van der Waals surface area contributed by atoms with E-state index in [2.05, 4.69) is 82.7 Å². The monoisotopic (exact) mass is 629 g/mol. The molecule has 0 spiro atoms. The molecule has 0 fully saturated rings. The number of amides is 1. The Bertz CT molecular complexity index is 1020. The molecule has 0 unspecified atom stereocenters. The van der Waals surface area contributed by atoms with Crippen LogP contribution in [0, 0.1) is 0 Å². The maximum atomic E-state index is 12.4. The van der Waals surface area contributed by atoms with Gasteiger partial charge in [0.15, 0.2) is 16.6 Å². The SMILES string of the molecule is CC(C)S(=O)(=O)NCCCCC(=O)Nc1ccc(N(CCO[Si](C)(C)C(C)(C)C)CCO[Si](C)(C)C(C)(C)C)cc1. The fourth-order valence-electron chi connectivity index (χ4n) is 3.40. The van der Waals surface area contributed by atoms with Gasteiger partial charge >= 0.3 is 0 Å². The Labute approximate surface area is 253 Å². The Morgan fingerprint density at radius 1 is 0.854 bits per heavy atom. The maximum Gasteiger partial charge on any atom is 0.224 e. The molecule has 0 aromatic heterocycles. The molecule has 0 aliphatic heterocycles. The van der Waals surface area contributed by atoms with Gasteiger partial charge in [0, 0.05) is 37.4 Å². The van der Waals surface area contributed by atoms with Crippen LogP contribution in [0.2, 0.25) is 36.3 Å². The lowest BCUT2D eigenvalue weighted by Crippen LogP contribution is -2.44. The van der Waals surface area contributed by atoms with Crippen molar-refractivity contribution >= 4 is 43.9 Å². The van der Waals surface area contributed by atoms with Crippen LogP contribution < -0.4 is 14.9 Å². The van der Waals surface area contributed by atoms with Crippen molar-refractivity contribution < 1.29 is 22.1 Å². The second kappa shape index (κ2) is 15.5. The maximum absolute atomic E-state index is 12.4. The smallest absolute Gasteiger partial charge is 0.224 e. The lowest BCUT2D eigenvalue weighted by atomic mass is 10.2. The van der Waals surface area contributed by atoms with Gasteiger partial charge in [-0.15, -0.1) is 0 Å². The molecule has 0 radical (unpaired) electrons. The highest BCUT2D eigenvalue weighted by Gasteiger charge is 2.38. The zero-order valence-electron chi connectivity index (χ0n) is 27.9. The molecule has 1 aromatic carbocycles. The van der Waals surface area contributed by atoms with Crippen LogP contribution in [0.1, 0.15) is 74.7 Å². The number of nitrogens with zero attached hydrogens (tertiary/aromatic N) is 1. The molecule has 41 heavy (non-hydrogen) atoms. The van der Waals surface area contributed by atoms with Crippen molar-refractivity contribution in [2.24, 2.45) is 0 Å². The predicted molar refractivity (Wildman–Crippen MR) is 179 cm³/mol. The van der Waals surface area contributed by atoms with Crippen molar-refractivity contribution in [2.45, 2.75) is 116 Å². The third kappa shape index (κ3) is 12.9. The van der Waals surface area contributed by atoms with E-state index in [-0.39, 0.29) is 16.0 Å². The summed E-state index contributed by atoms with van der Waals surface area (Å²) in [7, 11) is -6.96. The van der Waals surface area contributed by atoms with Crippen LogP contribution in [0.5, 0.6) is 0 Å². The average molecular weight is 630 g/mol. The summed E-state index contributed by atoms with van der Waals surface area (Å²) in [6.45, 7) is 29.1. The van der Waals surface area contributed by atoms with E-state index in [0.717, 1.165) is 24.5 Å². The lowest BCUT2D eigenvalue weighted by molar-refractivity contribution is -0.116. The van der Waals surface area contributed by atoms with Crippen molar-refractivity contribution in [3.05, 3.63) is 24.3 Å². The number of sulfonamides is 1. The van der Waals surface area contributed by atoms with E-state index in [1.807, 2.05) is 24.3 Å². The van der Waals surface area contributed by atoms with Crippen LogP contribution in [0.15, 0.2) is 24.3 Å². The van der Waals surface area contributed by atoms with Crippen LogP contribution in [-0.2, 0) is 23.7 Å². The van der Waals surface area contributed by atoms with E-state index >= 15 is 0 Å². The van der Waals surface area contributed by atoms with E-state index < -0.39 is 31.9 Å². The number of anilines is 2. The van der Waals surface area contributed by atoms with E-state index in [4.69, 9.17) is 8.85 Å². The minimum atomic E-state index is -3.27. The molecule has 0 saturated carbocycles. The number of benzene rings is 1. The third-order valence-electron chi connectivity index (χ3n) is 8.53.